The zero-order valence-corrected chi connectivity index (χ0v) is 13.4. The molecule has 0 aromatic rings. The Hall–Kier alpha value is -1.57. The van der Waals surface area contributed by atoms with Crippen molar-refractivity contribution in [3.63, 3.8) is 0 Å². The second-order valence-corrected chi connectivity index (χ2v) is 7.11. The molecule has 4 amide bonds. The molecule has 0 bridgehead atoms. The fourth-order valence-corrected chi connectivity index (χ4v) is 4.10. The van der Waals surface area contributed by atoms with Crippen molar-refractivity contribution in [3.05, 3.63) is 0 Å². The van der Waals surface area contributed by atoms with Crippen LogP contribution in [0.15, 0.2) is 4.99 Å². The second kappa shape index (κ2) is 5.91. The van der Waals surface area contributed by atoms with Crippen LogP contribution in [0.25, 0.3) is 0 Å². The van der Waals surface area contributed by atoms with E-state index < -0.39 is 11.6 Å². The molecule has 2 aliphatic heterocycles. The van der Waals surface area contributed by atoms with E-state index in [4.69, 9.17) is 0 Å². The number of imide groups is 1. The quantitative estimate of drug-likeness (QED) is 0.732. The molecule has 1 aliphatic carbocycles. The normalized spacial score (nSPS) is 31.4. The summed E-state index contributed by atoms with van der Waals surface area (Å²) in [5.74, 6) is 0.304. The lowest BCUT2D eigenvalue weighted by Gasteiger charge is -2.36. The van der Waals surface area contributed by atoms with E-state index in [2.05, 4.69) is 15.6 Å². The van der Waals surface area contributed by atoms with Gasteiger partial charge >= 0.3 is 6.03 Å². The van der Waals surface area contributed by atoms with Gasteiger partial charge in [-0.05, 0) is 18.8 Å². The molecule has 2 atom stereocenters. The van der Waals surface area contributed by atoms with Gasteiger partial charge in [-0.1, -0.05) is 31.5 Å². The van der Waals surface area contributed by atoms with Gasteiger partial charge in [0.05, 0.1) is 6.54 Å². The lowest BCUT2D eigenvalue weighted by molar-refractivity contribution is -0.137. The molecule has 3 rings (SSSR count). The van der Waals surface area contributed by atoms with Gasteiger partial charge in [0.2, 0.25) is 5.91 Å². The summed E-state index contributed by atoms with van der Waals surface area (Å²) < 4.78 is 0. The third-order valence-corrected chi connectivity index (χ3v) is 5.53. The minimum absolute atomic E-state index is 0.0977. The number of nitrogens with zero attached hydrogens (tertiary/aromatic N) is 2. The van der Waals surface area contributed by atoms with Crippen LogP contribution in [0, 0.1) is 5.92 Å². The molecule has 1 spiro atoms. The number of amidine groups is 1. The summed E-state index contributed by atoms with van der Waals surface area (Å²) >= 11 is 1.47. The summed E-state index contributed by atoms with van der Waals surface area (Å²) in [7, 11) is 0. The lowest BCUT2D eigenvalue weighted by atomic mass is 9.73. The topological polar surface area (TPSA) is 90.9 Å². The van der Waals surface area contributed by atoms with Crippen LogP contribution in [0.1, 0.15) is 32.6 Å². The summed E-state index contributed by atoms with van der Waals surface area (Å²) in [6.45, 7) is 2.42. The molecule has 1 saturated carbocycles. The second-order valence-electron chi connectivity index (χ2n) is 6.02. The molecular weight excluding hydrogens is 304 g/mol. The van der Waals surface area contributed by atoms with Crippen molar-refractivity contribution < 1.29 is 14.4 Å². The molecule has 22 heavy (non-hydrogen) atoms. The Morgan fingerprint density at radius 3 is 3.00 bits per heavy atom. The first-order valence-electron chi connectivity index (χ1n) is 7.64. The molecule has 1 saturated heterocycles. The van der Waals surface area contributed by atoms with E-state index in [0.29, 0.717) is 18.1 Å². The molecule has 2 unspecified atom stereocenters. The average molecular weight is 324 g/mol. The first kappa shape index (κ1) is 15.3. The average Bonchev–Trinajstić information content (AvgIpc) is 3.06. The van der Waals surface area contributed by atoms with Crippen LogP contribution in [0.2, 0.25) is 0 Å². The third-order valence-electron chi connectivity index (χ3n) is 4.63. The molecule has 0 aromatic heterocycles. The van der Waals surface area contributed by atoms with E-state index in [-0.39, 0.29) is 24.3 Å². The predicted octanol–water partition coefficient (Wildman–Crippen LogP) is 0.706. The molecule has 8 heteroatoms. The van der Waals surface area contributed by atoms with Crippen molar-refractivity contribution in [1.29, 1.82) is 0 Å². The van der Waals surface area contributed by atoms with Crippen LogP contribution in [0.3, 0.4) is 0 Å². The summed E-state index contributed by atoms with van der Waals surface area (Å²) in [6, 6.07) is -0.463. The van der Waals surface area contributed by atoms with E-state index in [0.717, 1.165) is 29.9 Å². The maximum absolute atomic E-state index is 12.7. The largest absolute Gasteiger partial charge is 0.325 e. The summed E-state index contributed by atoms with van der Waals surface area (Å²) in [6.07, 6.45) is 3.56. The van der Waals surface area contributed by atoms with Crippen molar-refractivity contribution in [3.8, 4) is 0 Å². The van der Waals surface area contributed by atoms with Gasteiger partial charge in [0.25, 0.3) is 5.91 Å². The first-order chi connectivity index (χ1) is 10.5. The van der Waals surface area contributed by atoms with E-state index in [1.807, 2.05) is 6.92 Å². The van der Waals surface area contributed by atoms with Gasteiger partial charge in [-0.2, -0.15) is 0 Å². The Kier molecular flexibility index (Phi) is 4.12. The van der Waals surface area contributed by atoms with Gasteiger partial charge in [-0.15, -0.1) is 0 Å². The summed E-state index contributed by atoms with van der Waals surface area (Å²) in [4.78, 5) is 42.0. The number of aliphatic imine (C=N–C) groups is 1. The predicted molar refractivity (Wildman–Crippen MR) is 83.5 cm³/mol. The van der Waals surface area contributed by atoms with Gasteiger partial charge < -0.3 is 10.6 Å². The standard InChI is InChI=1S/C14H20N4O3S/c1-9-4-2-3-5-14(9)11(20)18(13(21)17-14)8-10(19)16-12-15-6-7-22-12/h9H,2-8H2,1H3,(H,17,21)(H,15,16,19). The number of amides is 4. The van der Waals surface area contributed by atoms with Crippen LogP contribution in [0.5, 0.6) is 0 Å². The van der Waals surface area contributed by atoms with Crippen molar-refractivity contribution in [2.75, 3.05) is 18.8 Å². The van der Waals surface area contributed by atoms with Crippen LogP contribution in [-0.2, 0) is 9.59 Å². The fraction of sp³-hybridized carbons (Fsp3) is 0.714. The maximum Gasteiger partial charge on any atom is 0.325 e. The summed E-state index contributed by atoms with van der Waals surface area (Å²) in [5, 5.41) is 6.06. The van der Waals surface area contributed by atoms with Crippen LogP contribution in [-0.4, -0.2) is 52.3 Å². The number of carbonyl (C=O) groups excluding carboxylic acids is 3. The number of carbonyl (C=O) groups is 3. The van der Waals surface area contributed by atoms with Gasteiger partial charge in [-0.3, -0.25) is 19.5 Å². The molecule has 2 fully saturated rings. The molecule has 0 radical (unpaired) electrons. The molecule has 7 nitrogen and oxygen atoms in total. The number of rotatable bonds is 2. The van der Waals surface area contributed by atoms with E-state index >= 15 is 0 Å². The van der Waals surface area contributed by atoms with Crippen molar-refractivity contribution in [2.45, 2.75) is 38.1 Å². The monoisotopic (exact) mass is 324 g/mol. The molecule has 120 valence electrons. The van der Waals surface area contributed by atoms with Crippen molar-refractivity contribution >= 4 is 34.8 Å². The number of hydrogen-bond donors (Lipinski definition) is 2. The highest BCUT2D eigenvalue weighted by atomic mass is 32.2. The Balaban J connectivity index is 1.67. The highest BCUT2D eigenvalue weighted by molar-refractivity contribution is 8.14. The Bertz CT molecular complexity index is 550. The first-order valence-corrected chi connectivity index (χ1v) is 8.63. The van der Waals surface area contributed by atoms with Crippen LogP contribution in [0.4, 0.5) is 4.79 Å². The molecule has 3 aliphatic rings. The number of nitrogens with one attached hydrogen (secondary N) is 2. The highest BCUT2D eigenvalue weighted by Crippen LogP contribution is 2.38. The molecule has 2 heterocycles. The van der Waals surface area contributed by atoms with Gasteiger partial charge in [0.15, 0.2) is 5.17 Å². The van der Waals surface area contributed by atoms with Gasteiger partial charge in [-0.25, -0.2) is 4.79 Å². The SMILES string of the molecule is CC1CCCCC12NC(=O)N(CC(=O)NC1=NCCS1)C2=O. The molecule has 0 aromatic carbocycles. The molecule has 2 N–H and O–H groups in total. The van der Waals surface area contributed by atoms with Gasteiger partial charge in [0, 0.05) is 5.75 Å². The Morgan fingerprint density at radius 1 is 1.50 bits per heavy atom. The van der Waals surface area contributed by atoms with E-state index in [1.54, 1.807) is 0 Å². The Labute approximate surface area is 133 Å². The maximum atomic E-state index is 12.7. The van der Waals surface area contributed by atoms with Crippen molar-refractivity contribution in [2.24, 2.45) is 10.9 Å². The lowest BCUT2D eigenvalue weighted by Crippen LogP contribution is -2.54. The minimum Gasteiger partial charge on any atom is -0.323 e. The number of hydrogen-bond acceptors (Lipinski definition) is 5. The number of thioether (sulfide) groups is 1. The summed E-state index contributed by atoms with van der Waals surface area (Å²) in [5.41, 5.74) is -0.810. The van der Waals surface area contributed by atoms with Crippen molar-refractivity contribution in [1.82, 2.24) is 15.5 Å². The smallest absolute Gasteiger partial charge is 0.323 e. The van der Waals surface area contributed by atoms with Crippen LogP contribution < -0.4 is 10.6 Å². The zero-order chi connectivity index (χ0) is 15.7. The Morgan fingerprint density at radius 2 is 2.32 bits per heavy atom. The zero-order valence-electron chi connectivity index (χ0n) is 12.6. The fourth-order valence-electron chi connectivity index (χ4n) is 3.35. The highest BCUT2D eigenvalue weighted by Gasteiger charge is 2.55. The third kappa shape index (κ3) is 2.60. The minimum atomic E-state index is -0.810. The van der Waals surface area contributed by atoms with E-state index in [9.17, 15) is 14.4 Å². The van der Waals surface area contributed by atoms with Gasteiger partial charge in [0.1, 0.15) is 12.1 Å². The van der Waals surface area contributed by atoms with E-state index in [1.165, 1.54) is 11.8 Å². The number of urea groups is 1. The molecular formula is C14H20N4O3S. The van der Waals surface area contributed by atoms with Crippen LogP contribution >= 0.6 is 11.8 Å².